The number of nitrogens with zero attached hydrogens (tertiary/aromatic N) is 3. The molecule has 0 saturated carbocycles. The molecule has 7 nitrogen and oxygen atoms in total. The van der Waals surface area contributed by atoms with Crippen molar-refractivity contribution in [1.82, 2.24) is 14.3 Å². The quantitative estimate of drug-likeness (QED) is 0.521. The fraction of sp³-hybridized carbons (Fsp3) is 0.381. The molecule has 2 aromatic heterocycles. The molecule has 0 atom stereocenters. The molecule has 1 amide bonds. The predicted octanol–water partition coefficient (Wildman–Crippen LogP) is 5.00. The molecule has 4 rings (SSSR count). The van der Waals surface area contributed by atoms with Crippen LogP contribution >= 0.6 is 34.3 Å². The van der Waals surface area contributed by atoms with Gasteiger partial charge in [-0.3, -0.25) is 10.1 Å². The van der Waals surface area contributed by atoms with Gasteiger partial charge in [0, 0.05) is 34.3 Å². The van der Waals surface area contributed by atoms with Gasteiger partial charge in [-0.25, -0.2) is 18.4 Å². The molecule has 3 heterocycles. The molecule has 1 aliphatic heterocycles. The summed E-state index contributed by atoms with van der Waals surface area (Å²) in [5.74, 6) is -0.156. The van der Waals surface area contributed by atoms with E-state index in [1.165, 1.54) is 33.0 Å². The van der Waals surface area contributed by atoms with Crippen LogP contribution in [-0.4, -0.2) is 41.7 Å². The normalized spacial score (nSPS) is 15.8. The van der Waals surface area contributed by atoms with Gasteiger partial charge < -0.3 is 0 Å². The first-order valence-corrected chi connectivity index (χ1v) is 13.6. The van der Waals surface area contributed by atoms with Gasteiger partial charge in [0.25, 0.3) is 5.91 Å². The fourth-order valence-electron chi connectivity index (χ4n) is 3.49. The third-order valence-corrected chi connectivity index (χ3v) is 9.89. The van der Waals surface area contributed by atoms with Crippen LogP contribution in [0.2, 0.25) is 5.02 Å². The topological polar surface area (TPSA) is 92.3 Å². The van der Waals surface area contributed by atoms with Crippen LogP contribution in [0.3, 0.4) is 0 Å². The van der Waals surface area contributed by atoms with Crippen molar-refractivity contribution in [3.63, 3.8) is 0 Å². The van der Waals surface area contributed by atoms with E-state index in [0.717, 1.165) is 21.1 Å². The molecule has 3 aromatic rings. The Balaban J connectivity index is 1.40. The number of aryl methyl sites for hydroxylation is 3. The Hall–Kier alpha value is -1.85. The van der Waals surface area contributed by atoms with Crippen LogP contribution in [0, 0.1) is 20.8 Å². The summed E-state index contributed by atoms with van der Waals surface area (Å²) in [6.45, 7) is 6.51. The van der Waals surface area contributed by atoms with E-state index in [0.29, 0.717) is 41.8 Å². The monoisotopic (exact) mass is 510 g/mol. The number of halogens is 1. The van der Waals surface area contributed by atoms with Crippen molar-refractivity contribution in [1.29, 1.82) is 0 Å². The summed E-state index contributed by atoms with van der Waals surface area (Å²) in [6, 6.07) is 4.83. The zero-order chi connectivity index (χ0) is 23.0. The number of aromatic nitrogens is 2. The number of piperidine rings is 1. The van der Waals surface area contributed by atoms with Crippen molar-refractivity contribution >= 4 is 55.3 Å². The van der Waals surface area contributed by atoms with Crippen molar-refractivity contribution in [2.45, 2.75) is 44.4 Å². The maximum absolute atomic E-state index is 13.0. The lowest BCUT2D eigenvalue weighted by Gasteiger charge is -2.30. The standard InChI is InChI=1S/C21H23ClN4O3S3/c1-12-4-5-16(10-17(12)22)32(28,29)26-8-6-15(7-9-26)20-24-18(11-30-20)19(27)25-21-23-13(2)14(3)31-21/h4-5,10-11,15H,6-9H2,1-3H3,(H,23,25,27). The molecule has 1 aromatic carbocycles. The highest BCUT2D eigenvalue weighted by Gasteiger charge is 2.31. The zero-order valence-corrected chi connectivity index (χ0v) is 21.1. The lowest BCUT2D eigenvalue weighted by Crippen LogP contribution is -2.37. The second-order valence-corrected chi connectivity index (χ2v) is 12.2. The number of carbonyl (C=O) groups is 1. The summed E-state index contributed by atoms with van der Waals surface area (Å²) in [5.41, 5.74) is 2.10. The van der Waals surface area contributed by atoms with Crippen LogP contribution in [0.5, 0.6) is 0 Å². The molecular formula is C21H23ClN4O3S3. The third-order valence-electron chi connectivity index (χ3n) is 5.59. The van der Waals surface area contributed by atoms with Gasteiger partial charge in [0.15, 0.2) is 5.13 Å². The van der Waals surface area contributed by atoms with Gasteiger partial charge in [-0.2, -0.15) is 4.31 Å². The van der Waals surface area contributed by atoms with Crippen LogP contribution in [0.4, 0.5) is 5.13 Å². The number of benzene rings is 1. The Morgan fingerprint density at radius 3 is 2.53 bits per heavy atom. The average molecular weight is 511 g/mol. The Morgan fingerprint density at radius 2 is 1.91 bits per heavy atom. The van der Waals surface area contributed by atoms with E-state index in [1.807, 2.05) is 20.8 Å². The van der Waals surface area contributed by atoms with E-state index in [4.69, 9.17) is 11.6 Å². The largest absolute Gasteiger partial charge is 0.296 e. The summed E-state index contributed by atoms with van der Waals surface area (Å²) < 4.78 is 27.5. The Kier molecular flexibility index (Phi) is 6.69. The number of amides is 1. The maximum atomic E-state index is 13.0. The van der Waals surface area contributed by atoms with E-state index >= 15 is 0 Å². The maximum Gasteiger partial charge on any atom is 0.276 e. The number of anilines is 1. The van der Waals surface area contributed by atoms with Gasteiger partial charge in [-0.1, -0.05) is 17.7 Å². The predicted molar refractivity (Wildman–Crippen MR) is 129 cm³/mol. The van der Waals surface area contributed by atoms with Crippen molar-refractivity contribution < 1.29 is 13.2 Å². The molecule has 32 heavy (non-hydrogen) atoms. The summed E-state index contributed by atoms with van der Waals surface area (Å²) in [6.07, 6.45) is 1.30. The van der Waals surface area contributed by atoms with E-state index in [9.17, 15) is 13.2 Å². The van der Waals surface area contributed by atoms with Crippen molar-refractivity contribution in [3.8, 4) is 0 Å². The minimum Gasteiger partial charge on any atom is -0.296 e. The van der Waals surface area contributed by atoms with E-state index in [1.54, 1.807) is 17.5 Å². The van der Waals surface area contributed by atoms with Crippen LogP contribution in [0.15, 0.2) is 28.5 Å². The summed E-state index contributed by atoms with van der Waals surface area (Å²) in [7, 11) is -3.59. The molecule has 1 N–H and O–H groups in total. The minimum absolute atomic E-state index is 0.124. The number of rotatable bonds is 5. The van der Waals surface area contributed by atoms with Gasteiger partial charge in [-0.05, 0) is 51.3 Å². The minimum atomic E-state index is -3.59. The first-order chi connectivity index (χ1) is 15.1. The van der Waals surface area contributed by atoms with E-state index in [-0.39, 0.29) is 16.7 Å². The third kappa shape index (κ3) is 4.74. The summed E-state index contributed by atoms with van der Waals surface area (Å²) in [5, 5.41) is 6.41. The zero-order valence-electron chi connectivity index (χ0n) is 17.9. The second kappa shape index (κ2) is 9.18. The number of carbonyl (C=O) groups excluding carboxylic acids is 1. The van der Waals surface area contributed by atoms with Gasteiger partial charge in [-0.15, -0.1) is 22.7 Å². The number of nitrogens with one attached hydrogen (secondary N) is 1. The molecule has 1 fully saturated rings. The smallest absolute Gasteiger partial charge is 0.276 e. The van der Waals surface area contributed by atoms with Crippen LogP contribution in [0.25, 0.3) is 0 Å². The highest BCUT2D eigenvalue weighted by atomic mass is 35.5. The molecule has 11 heteroatoms. The first kappa shape index (κ1) is 23.3. The molecule has 0 aliphatic carbocycles. The molecule has 1 aliphatic rings. The Morgan fingerprint density at radius 1 is 1.19 bits per heavy atom. The highest BCUT2D eigenvalue weighted by Crippen LogP contribution is 2.33. The molecule has 0 bridgehead atoms. The van der Waals surface area contributed by atoms with Gasteiger partial charge in [0.1, 0.15) is 5.69 Å². The van der Waals surface area contributed by atoms with E-state index in [2.05, 4.69) is 15.3 Å². The molecule has 0 unspecified atom stereocenters. The SMILES string of the molecule is Cc1ccc(S(=O)(=O)N2CCC(c3nc(C(=O)Nc4nc(C)c(C)s4)cs3)CC2)cc1Cl. The molecule has 170 valence electrons. The summed E-state index contributed by atoms with van der Waals surface area (Å²) in [4.78, 5) is 22.7. The van der Waals surface area contributed by atoms with Gasteiger partial charge in [0.05, 0.1) is 15.6 Å². The number of hydrogen-bond acceptors (Lipinski definition) is 7. The van der Waals surface area contributed by atoms with Crippen LogP contribution < -0.4 is 5.32 Å². The van der Waals surface area contributed by atoms with Crippen LogP contribution in [-0.2, 0) is 10.0 Å². The first-order valence-electron chi connectivity index (χ1n) is 10.1. The Bertz CT molecular complexity index is 1240. The van der Waals surface area contributed by atoms with Crippen LogP contribution in [0.1, 0.15) is 50.4 Å². The summed E-state index contributed by atoms with van der Waals surface area (Å²) >= 11 is 9.00. The number of hydrogen-bond donors (Lipinski definition) is 1. The molecule has 1 saturated heterocycles. The number of sulfonamides is 1. The van der Waals surface area contributed by atoms with Crippen molar-refractivity contribution in [2.75, 3.05) is 18.4 Å². The van der Waals surface area contributed by atoms with Gasteiger partial charge >= 0.3 is 0 Å². The average Bonchev–Trinajstić information content (AvgIpc) is 3.37. The van der Waals surface area contributed by atoms with Crippen molar-refractivity contribution in [3.05, 3.63) is 55.4 Å². The molecule has 0 spiro atoms. The lowest BCUT2D eigenvalue weighted by atomic mass is 9.99. The van der Waals surface area contributed by atoms with Gasteiger partial charge in [0.2, 0.25) is 10.0 Å². The van der Waals surface area contributed by atoms with E-state index < -0.39 is 10.0 Å². The number of thiazole rings is 2. The highest BCUT2D eigenvalue weighted by molar-refractivity contribution is 7.89. The second-order valence-electron chi connectivity index (χ2n) is 7.78. The molecular weight excluding hydrogens is 488 g/mol. The molecule has 0 radical (unpaired) electrons. The Labute approximate surface area is 200 Å². The fourth-order valence-corrected chi connectivity index (χ4v) is 7.02. The van der Waals surface area contributed by atoms with Crippen molar-refractivity contribution in [2.24, 2.45) is 0 Å². The lowest BCUT2D eigenvalue weighted by molar-refractivity contribution is 0.102.